The lowest BCUT2D eigenvalue weighted by atomic mass is 9.99. The first kappa shape index (κ1) is 13.2. The average Bonchev–Trinajstić information content (AvgIpc) is 2.35. The molecule has 2 rings (SSSR count). The summed E-state index contributed by atoms with van der Waals surface area (Å²) in [5, 5.41) is 2.44. The summed E-state index contributed by atoms with van der Waals surface area (Å²) in [5.74, 6) is 1.65. The van der Waals surface area contributed by atoms with Crippen molar-refractivity contribution in [1.82, 2.24) is 5.01 Å². The second-order valence-electron chi connectivity index (χ2n) is 5.56. The van der Waals surface area contributed by atoms with Crippen molar-refractivity contribution < 1.29 is 14.1 Å². The fourth-order valence-corrected chi connectivity index (χ4v) is 2.38. The molecule has 0 fully saturated rings. The van der Waals surface area contributed by atoms with Gasteiger partial charge in [-0.3, -0.25) is 4.59 Å². The highest BCUT2D eigenvalue weighted by atomic mass is 16.5. The molecule has 1 aromatic rings. The van der Waals surface area contributed by atoms with Crippen molar-refractivity contribution in [3.8, 4) is 11.5 Å². The second-order valence-corrected chi connectivity index (χ2v) is 5.56. The molecule has 0 unspecified atom stereocenters. The van der Waals surface area contributed by atoms with Crippen molar-refractivity contribution in [3.05, 3.63) is 23.3 Å². The molecule has 4 nitrogen and oxygen atoms in total. The molecule has 0 atom stereocenters. The van der Waals surface area contributed by atoms with Crippen LogP contribution in [0.2, 0.25) is 0 Å². The Morgan fingerprint density at radius 2 is 1.56 bits per heavy atom. The van der Waals surface area contributed by atoms with Gasteiger partial charge in [-0.1, -0.05) is 0 Å². The highest BCUT2D eigenvalue weighted by molar-refractivity contribution is 5.48. The van der Waals surface area contributed by atoms with E-state index in [0.29, 0.717) is 0 Å². The van der Waals surface area contributed by atoms with Gasteiger partial charge in [0.05, 0.1) is 48.5 Å². The molecule has 0 aromatic heterocycles. The fourth-order valence-electron chi connectivity index (χ4n) is 2.38. The summed E-state index contributed by atoms with van der Waals surface area (Å²) in [6, 6.07) is 4.22. The lowest BCUT2D eigenvalue weighted by Gasteiger charge is -2.39. The van der Waals surface area contributed by atoms with E-state index in [1.165, 1.54) is 11.1 Å². The van der Waals surface area contributed by atoms with Crippen molar-refractivity contribution in [2.24, 2.45) is 0 Å². The molecule has 1 aromatic carbocycles. The maximum Gasteiger partial charge on any atom is 0.161 e. The largest absolute Gasteiger partial charge is 0.493 e. The standard InChI is InChI=1S/C14H23N2O2/c1-16(2,3)15-7-6-11-8-13(17-4)14(18-5)9-12(11)10-15/h8-9H,6-7,10H2,1-5H3/q+1. The molecular weight excluding hydrogens is 228 g/mol. The Morgan fingerprint density at radius 3 is 2.06 bits per heavy atom. The van der Waals surface area contributed by atoms with Gasteiger partial charge in [0.1, 0.15) is 0 Å². The van der Waals surface area contributed by atoms with E-state index in [2.05, 4.69) is 38.3 Å². The molecule has 0 saturated heterocycles. The molecule has 0 radical (unpaired) electrons. The highest BCUT2D eigenvalue weighted by Crippen LogP contribution is 2.33. The van der Waals surface area contributed by atoms with Crippen LogP contribution in [0.3, 0.4) is 0 Å². The minimum Gasteiger partial charge on any atom is -0.493 e. The van der Waals surface area contributed by atoms with E-state index in [1.807, 2.05) is 0 Å². The number of nitrogens with zero attached hydrogens (tertiary/aromatic N) is 2. The van der Waals surface area contributed by atoms with Crippen molar-refractivity contribution in [2.45, 2.75) is 13.0 Å². The molecular formula is C14H23N2O2+. The molecule has 18 heavy (non-hydrogen) atoms. The van der Waals surface area contributed by atoms with Crippen LogP contribution in [0.5, 0.6) is 11.5 Å². The Morgan fingerprint density at radius 1 is 1.00 bits per heavy atom. The Hall–Kier alpha value is -1.26. The van der Waals surface area contributed by atoms with Gasteiger partial charge in [0.25, 0.3) is 0 Å². The van der Waals surface area contributed by atoms with E-state index in [9.17, 15) is 0 Å². The summed E-state index contributed by atoms with van der Waals surface area (Å²) in [7, 11) is 9.97. The van der Waals surface area contributed by atoms with Crippen molar-refractivity contribution in [3.63, 3.8) is 0 Å². The van der Waals surface area contributed by atoms with E-state index in [-0.39, 0.29) is 0 Å². The van der Waals surface area contributed by atoms with Gasteiger partial charge >= 0.3 is 0 Å². The smallest absolute Gasteiger partial charge is 0.161 e. The minimum atomic E-state index is 0.819. The molecule has 1 aliphatic heterocycles. The molecule has 1 aliphatic rings. The van der Waals surface area contributed by atoms with Gasteiger partial charge in [0.15, 0.2) is 11.5 Å². The third kappa shape index (κ3) is 2.44. The zero-order valence-electron chi connectivity index (χ0n) is 12.0. The summed E-state index contributed by atoms with van der Waals surface area (Å²) in [6.45, 7) is 2.03. The van der Waals surface area contributed by atoms with Crippen molar-refractivity contribution >= 4 is 0 Å². The van der Waals surface area contributed by atoms with E-state index in [0.717, 1.165) is 35.6 Å². The zero-order valence-corrected chi connectivity index (χ0v) is 12.0. The first-order valence-electron chi connectivity index (χ1n) is 6.26. The van der Waals surface area contributed by atoms with E-state index >= 15 is 0 Å². The quantitative estimate of drug-likeness (QED) is 0.763. The average molecular weight is 251 g/mol. The highest BCUT2D eigenvalue weighted by Gasteiger charge is 2.27. The molecule has 0 amide bonds. The predicted molar refractivity (Wildman–Crippen MR) is 71.7 cm³/mol. The molecule has 1 heterocycles. The van der Waals surface area contributed by atoms with Gasteiger partial charge in [-0.05, 0) is 29.7 Å². The number of fused-ring (bicyclic) bond motifs is 1. The molecule has 0 spiro atoms. The molecule has 0 N–H and O–H groups in total. The zero-order chi connectivity index (χ0) is 13.3. The van der Waals surface area contributed by atoms with Gasteiger partial charge in [-0.25, -0.2) is 0 Å². The van der Waals surface area contributed by atoms with Gasteiger partial charge < -0.3 is 9.47 Å². The molecule has 0 aliphatic carbocycles. The van der Waals surface area contributed by atoms with E-state index in [1.54, 1.807) is 14.2 Å². The monoisotopic (exact) mass is 251 g/mol. The molecule has 100 valence electrons. The predicted octanol–water partition coefficient (Wildman–Crippen LogP) is 1.68. The van der Waals surface area contributed by atoms with Crippen LogP contribution in [-0.4, -0.2) is 51.5 Å². The topological polar surface area (TPSA) is 21.7 Å². The first-order valence-corrected chi connectivity index (χ1v) is 6.26. The van der Waals surface area contributed by atoms with Crippen molar-refractivity contribution in [2.75, 3.05) is 41.9 Å². The third-order valence-electron chi connectivity index (χ3n) is 3.55. The summed E-state index contributed by atoms with van der Waals surface area (Å²) < 4.78 is 11.6. The van der Waals surface area contributed by atoms with Gasteiger partial charge in [0.2, 0.25) is 0 Å². The number of ether oxygens (including phenoxy) is 2. The Labute approximate surface area is 109 Å². The van der Waals surface area contributed by atoms with Crippen LogP contribution in [0.15, 0.2) is 12.1 Å². The van der Waals surface area contributed by atoms with Crippen LogP contribution in [0.25, 0.3) is 0 Å². The van der Waals surface area contributed by atoms with Crippen LogP contribution in [0.4, 0.5) is 0 Å². The number of benzene rings is 1. The maximum absolute atomic E-state index is 5.37. The summed E-state index contributed by atoms with van der Waals surface area (Å²) in [5.41, 5.74) is 2.71. The number of methoxy groups -OCH3 is 2. The number of hydrogen-bond donors (Lipinski definition) is 0. The molecule has 0 saturated carbocycles. The number of rotatable bonds is 3. The van der Waals surface area contributed by atoms with Crippen molar-refractivity contribution in [1.29, 1.82) is 0 Å². The van der Waals surface area contributed by atoms with Gasteiger partial charge in [-0.15, -0.1) is 0 Å². The summed E-state index contributed by atoms with van der Waals surface area (Å²) >= 11 is 0. The van der Waals surface area contributed by atoms with Crippen LogP contribution in [0, 0.1) is 0 Å². The first-order chi connectivity index (χ1) is 8.45. The third-order valence-corrected chi connectivity index (χ3v) is 3.55. The maximum atomic E-state index is 5.37. The van der Waals surface area contributed by atoms with Crippen LogP contribution in [-0.2, 0) is 13.0 Å². The van der Waals surface area contributed by atoms with Crippen LogP contribution in [0.1, 0.15) is 11.1 Å². The normalized spacial score (nSPS) is 16.3. The van der Waals surface area contributed by atoms with Crippen LogP contribution >= 0.6 is 0 Å². The lowest BCUT2D eigenvalue weighted by Crippen LogP contribution is -2.53. The lowest BCUT2D eigenvalue weighted by molar-refractivity contribution is -0.989. The summed E-state index contributed by atoms with van der Waals surface area (Å²) in [4.78, 5) is 0. The van der Waals surface area contributed by atoms with Gasteiger partial charge in [0, 0.05) is 0 Å². The Kier molecular flexibility index (Phi) is 3.50. The van der Waals surface area contributed by atoms with E-state index in [4.69, 9.17) is 9.47 Å². The number of hydrogen-bond acceptors (Lipinski definition) is 3. The van der Waals surface area contributed by atoms with E-state index < -0.39 is 0 Å². The van der Waals surface area contributed by atoms with Crippen LogP contribution < -0.4 is 9.47 Å². The fraction of sp³-hybridized carbons (Fsp3) is 0.571. The second kappa shape index (κ2) is 4.78. The van der Waals surface area contributed by atoms with Gasteiger partial charge in [-0.2, -0.15) is 5.01 Å². The minimum absolute atomic E-state index is 0.819. The Bertz CT molecular complexity index is 438. The number of quaternary nitrogens is 1. The summed E-state index contributed by atoms with van der Waals surface area (Å²) in [6.07, 6.45) is 1.06. The SMILES string of the molecule is COc1cc2c(cc1OC)CN([N+](C)(C)C)CC2. The molecule has 4 heteroatoms. The Balaban J connectivity index is 2.33. The molecule has 0 bridgehead atoms.